The number of aliphatic hydroxyl groups is 1. The van der Waals surface area contributed by atoms with Gasteiger partial charge in [0.25, 0.3) is 0 Å². The van der Waals surface area contributed by atoms with E-state index in [1.165, 1.54) is 12.1 Å². The molecule has 1 amide bonds. The summed E-state index contributed by atoms with van der Waals surface area (Å²) in [5, 5.41) is 11.9. The zero-order valence-electron chi connectivity index (χ0n) is 12.4. The van der Waals surface area contributed by atoms with Crippen molar-refractivity contribution in [2.75, 3.05) is 6.61 Å². The second kappa shape index (κ2) is 6.00. The van der Waals surface area contributed by atoms with E-state index in [4.69, 9.17) is 5.11 Å². The van der Waals surface area contributed by atoms with Crippen molar-refractivity contribution in [3.63, 3.8) is 0 Å². The summed E-state index contributed by atoms with van der Waals surface area (Å²) < 4.78 is 39.1. The maximum Gasteiger partial charge on any atom is 0.416 e. The van der Waals surface area contributed by atoms with E-state index < -0.39 is 17.7 Å². The Morgan fingerprint density at radius 2 is 1.96 bits per heavy atom. The Bertz CT molecular complexity index is 627. The molecule has 1 saturated carbocycles. The van der Waals surface area contributed by atoms with E-state index >= 15 is 0 Å². The molecule has 23 heavy (non-hydrogen) atoms. The molecule has 1 aromatic carbocycles. The van der Waals surface area contributed by atoms with E-state index in [-0.39, 0.29) is 36.0 Å². The maximum absolute atomic E-state index is 13.0. The normalized spacial score (nSPS) is 29.6. The van der Waals surface area contributed by atoms with Crippen LogP contribution < -0.4 is 5.32 Å². The van der Waals surface area contributed by atoms with Crippen LogP contribution in [0.4, 0.5) is 13.2 Å². The number of nitrogens with one attached hydrogen (secondary N) is 1. The fourth-order valence-corrected chi connectivity index (χ4v) is 3.21. The third-order valence-electron chi connectivity index (χ3n) is 4.53. The van der Waals surface area contributed by atoms with Gasteiger partial charge in [0.05, 0.1) is 5.56 Å². The molecule has 0 heterocycles. The molecule has 2 unspecified atom stereocenters. The van der Waals surface area contributed by atoms with Crippen LogP contribution in [0.1, 0.15) is 29.9 Å². The van der Waals surface area contributed by atoms with Gasteiger partial charge in [0.1, 0.15) is 0 Å². The van der Waals surface area contributed by atoms with Crippen molar-refractivity contribution in [1.29, 1.82) is 0 Å². The van der Waals surface area contributed by atoms with Crippen molar-refractivity contribution in [3.05, 3.63) is 47.5 Å². The van der Waals surface area contributed by atoms with E-state index in [0.29, 0.717) is 12.8 Å². The molecule has 0 aromatic heterocycles. The van der Waals surface area contributed by atoms with Crippen molar-refractivity contribution >= 4 is 5.91 Å². The predicted octanol–water partition coefficient (Wildman–Crippen LogP) is 2.86. The molecule has 0 radical (unpaired) electrons. The van der Waals surface area contributed by atoms with Crippen LogP contribution in [0.25, 0.3) is 0 Å². The summed E-state index contributed by atoms with van der Waals surface area (Å²) in [6.45, 7) is 0.0356. The number of carbonyl (C=O) groups is 1. The fraction of sp³-hybridized carbons (Fsp3) is 0.471. The lowest BCUT2D eigenvalue weighted by molar-refractivity contribution is -0.138. The first-order chi connectivity index (χ1) is 10.9. The molecular formula is C17H18F3NO2. The van der Waals surface area contributed by atoms with Crippen LogP contribution in [0, 0.1) is 11.8 Å². The van der Waals surface area contributed by atoms with Gasteiger partial charge in [-0.2, -0.15) is 13.2 Å². The van der Waals surface area contributed by atoms with Crippen molar-refractivity contribution in [2.45, 2.75) is 31.0 Å². The minimum Gasteiger partial charge on any atom is -0.396 e. The Morgan fingerprint density at radius 1 is 1.22 bits per heavy atom. The summed E-state index contributed by atoms with van der Waals surface area (Å²) in [5.41, 5.74) is -0.447. The summed E-state index contributed by atoms with van der Waals surface area (Å²) in [7, 11) is 0. The van der Waals surface area contributed by atoms with Crippen LogP contribution in [0.15, 0.2) is 36.4 Å². The monoisotopic (exact) mass is 325 g/mol. The van der Waals surface area contributed by atoms with E-state index in [9.17, 15) is 18.0 Å². The molecule has 0 spiro atoms. The Balaban J connectivity index is 1.64. The quantitative estimate of drug-likeness (QED) is 0.837. The maximum atomic E-state index is 13.0. The highest BCUT2D eigenvalue weighted by Crippen LogP contribution is 2.51. The molecule has 0 saturated heterocycles. The second-order valence-electron chi connectivity index (χ2n) is 6.21. The number of benzene rings is 1. The fourth-order valence-electron chi connectivity index (χ4n) is 3.21. The summed E-state index contributed by atoms with van der Waals surface area (Å²) >= 11 is 0. The van der Waals surface area contributed by atoms with E-state index in [1.807, 2.05) is 12.2 Å². The van der Waals surface area contributed by atoms with Crippen LogP contribution >= 0.6 is 0 Å². The second-order valence-corrected chi connectivity index (χ2v) is 6.21. The third kappa shape index (κ3) is 3.42. The number of rotatable bonds is 4. The Hall–Kier alpha value is -1.82. The number of amides is 1. The highest BCUT2D eigenvalue weighted by Gasteiger charge is 2.48. The van der Waals surface area contributed by atoms with Crippen LogP contribution in [0.3, 0.4) is 0 Å². The lowest BCUT2D eigenvalue weighted by atomic mass is 10.0. The Morgan fingerprint density at radius 3 is 2.61 bits per heavy atom. The van der Waals surface area contributed by atoms with Gasteiger partial charge in [-0.3, -0.25) is 4.79 Å². The van der Waals surface area contributed by atoms with Crippen LogP contribution in [-0.2, 0) is 11.0 Å². The third-order valence-corrected chi connectivity index (χ3v) is 4.53. The lowest BCUT2D eigenvalue weighted by Gasteiger charge is -2.14. The molecule has 3 rings (SSSR count). The minimum absolute atomic E-state index is 0.0356. The number of carbonyl (C=O) groups excluding carboxylic acids is 1. The molecule has 124 valence electrons. The summed E-state index contributed by atoms with van der Waals surface area (Å²) in [6, 6.07) is 5.32. The zero-order chi connectivity index (χ0) is 16.6. The van der Waals surface area contributed by atoms with Crippen LogP contribution in [0.5, 0.6) is 0 Å². The average molecular weight is 325 g/mol. The number of halogens is 3. The molecule has 6 heteroatoms. The topological polar surface area (TPSA) is 49.3 Å². The number of hydrogen-bond acceptors (Lipinski definition) is 2. The van der Waals surface area contributed by atoms with E-state index in [2.05, 4.69) is 5.32 Å². The first kappa shape index (κ1) is 16.1. The van der Waals surface area contributed by atoms with Gasteiger partial charge < -0.3 is 10.4 Å². The molecule has 2 aliphatic rings. The van der Waals surface area contributed by atoms with Gasteiger partial charge in [0, 0.05) is 24.5 Å². The van der Waals surface area contributed by atoms with Crippen LogP contribution in [-0.4, -0.2) is 23.7 Å². The van der Waals surface area contributed by atoms with E-state index in [0.717, 1.165) is 6.07 Å². The number of alkyl halides is 3. The molecular weight excluding hydrogens is 307 g/mol. The van der Waals surface area contributed by atoms with Crippen molar-refractivity contribution in [2.24, 2.45) is 11.8 Å². The van der Waals surface area contributed by atoms with Gasteiger partial charge in [0.15, 0.2) is 0 Å². The SMILES string of the molecule is O=C(N[C@@H]1C=C[C@H](CO)C1)C1CC1c1ccccc1C(F)(F)F. The predicted molar refractivity (Wildman–Crippen MR) is 78.6 cm³/mol. The first-order valence-corrected chi connectivity index (χ1v) is 7.66. The molecule has 0 bridgehead atoms. The Labute approximate surface area is 132 Å². The molecule has 1 aromatic rings. The smallest absolute Gasteiger partial charge is 0.396 e. The lowest BCUT2D eigenvalue weighted by Crippen LogP contribution is -2.34. The van der Waals surface area contributed by atoms with Gasteiger partial charge in [-0.15, -0.1) is 0 Å². The van der Waals surface area contributed by atoms with Gasteiger partial charge in [0.2, 0.25) is 5.91 Å². The first-order valence-electron chi connectivity index (χ1n) is 7.66. The molecule has 3 nitrogen and oxygen atoms in total. The Kier molecular flexibility index (Phi) is 4.19. The number of aliphatic hydroxyl groups excluding tert-OH is 1. The molecule has 1 fully saturated rings. The van der Waals surface area contributed by atoms with Gasteiger partial charge in [-0.25, -0.2) is 0 Å². The largest absolute Gasteiger partial charge is 0.416 e. The van der Waals surface area contributed by atoms with Crippen molar-refractivity contribution in [3.8, 4) is 0 Å². The molecule has 2 aliphatic carbocycles. The standard InChI is InChI=1S/C17H18F3NO2/c18-17(19,20)15-4-2-1-3-12(15)13-8-14(13)16(23)21-11-6-5-10(7-11)9-22/h1-6,10-11,13-14,22H,7-9H2,(H,21,23)/t10-,11+,13?,14?/m0/s1. The minimum atomic E-state index is -4.40. The van der Waals surface area contributed by atoms with Gasteiger partial charge >= 0.3 is 6.18 Å². The molecule has 0 aliphatic heterocycles. The van der Waals surface area contributed by atoms with Crippen molar-refractivity contribution in [1.82, 2.24) is 5.32 Å². The number of hydrogen-bond donors (Lipinski definition) is 2. The van der Waals surface area contributed by atoms with Gasteiger partial charge in [-0.05, 0) is 30.4 Å². The average Bonchev–Trinajstić information content (AvgIpc) is 3.19. The molecule has 2 N–H and O–H groups in total. The highest BCUT2D eigenvalue weighted by atomic mass is 19.4. The zero-order valence-corrected chi connectivity index (χ0v) is 12.4. The summed E-state index contributed by atoms with van der Waals surface area (Å²) in [5.74, 6) is -0.937. The summed E-state index contributed by atoms with van der Waals surface area (Å²) in [4.78, 5) is 12.2. The summed E-state index contributed by atoms with van der Waals surface area (Å²) in [6.07, 6.45) is 0.369. The highest BCUT2D eigenvalue weighted by molar-refractivity contribution is 5.83. The molecule has 4 atom stereocenters. The van der Waals surface area contributed by atoms with E-state index in [1.54, 1.807) is 6.07 Å². The van der Waals surface area contributed by atoms with Gasteiger partial charge in [-0.1, -0.05) is 30.4 Å². The van der Waals surface area contributed by atoms with Crippen molar-refractivity contribution < 1.29 is 23.1 Å². The van der Waals surface area contributed by atoms with Crippen LogP contribution in [0.2, 0.25) is 0 Å².